The molecular weight excluding hydrogens is 172 g/mol. The van der Waals surface area contributed by atoms with Crippen LogP contribution in [0.5, 0.6) is 0 Å². The first kappa shape index (κ1) is 12.0. The molecule has 1 nitrogen and oxygen atoms in total. The van der Waals surface area contributed by atoms with Gasteiger partial charge < -0.3 is 5.11 Å². The first-order valence-corrected chi connectivity index (χ1v) is 6.24. The Kier molecular flexibility index (Phi) is 4.00. The van der Waals surface area contributed by atoms with Crippen LogP contribution in [0, 0.1) is 5.41 Å². The first-order valence-electron chi connectivity index (χ1n) is 6.24. The molecule has 0 aromatic carbocycles. The maximum atomic E-state index is 10.3. The summed E-state index contributed by atoms with van der Waals surface area (Å²) < 4.78 is 0. The van der Waals surface area contributed by atoms with Gasteiger partial charge in [-0.1, -0.05) is 46.0 Å². The Morgan fingerprint density at radius 2 is 1.71 bits per heavy atom. The molecule has 0 radical (unpaired) electrons. The Morgan fingerprint density at radius 3 is 2.21 bits per heavy atom. The Morgan fingerprint density at radius 1 is 1.14 bits per heavy atom. The van der Waals surface area contributed by atoms with Crippen molar-refractivity contribution in [1.82, 2.24) is 0 Å². The third-order valence-electron chi connectivity index (χ3n) is 4.07. The van der Waals surface area contributed by atoms with Crippen molar-refractivity contribution in [2.75, 3.05) is 0 Å². The molecule has 0 saturated heterocycles. The van der Waals surface area contributed by atoms with Crippen LogP contribution in [0.15, 0.2) is 0 Å². The smallest absolute Gasteiger partial charge is 0.0673 e. The minimum Gasteiger partial charge on any atom is -0.390 e. The average molecular weight is 198 g/mol. The molecule has 0 aliphatic heterocycles. The van der Waals surface area contributed by atoms with Crippen LogP contribution in [-0.2, 0) is 0 Å². The Balaban J connectivity index is 2.11. The highest BCUT2D eigenvalue weighted by molar-refractivity contribution is 5.02. The zero-order valence-electron chi connectivity index (χ0n) is 10.1. The molecule has 1 saturated carbocycles. The van der Waals surface area contributed by atoms with Crippen molar-refractivity contribution in [2.24, 2.45) is 5.41 Å². The molecule has 14 heavy (non-hydrogen) atoms. The van der Waals surface area contributed by atoms with E-state index < -0.39 is 5.60 Å². The SMILES string of the molecule is CCCCCCCC(C)(O)C1(C)CC1. The van der Waals surface area contributed by atoms with Gasteiger partial charge in [0.05, 0.1) is 5.60 Å². The topological polar surface area (TPSA) is 20.2 Å². The molecule has 0 aromatic rings. The fraction of sp³-hybridized carbons (Fsp3) is 1.00. The molecule has 1 atom stereocenters. The molecule has 1 fully saturated rings. The van der Waals surface area contributed by atoms with Crippen LogP contribution >= 0.6 is 0 Å². The molecular formula is C13H26O. The van der Waals surface area contributed by atoms with Gasteiger partial charge in [0.1, 0.15) is 0 Å². The molecule has 1 unspecified atom stereocenters. The summed E-state index contributed by atoms with van der Waals surface area (Å²) in [5.41, 5.74) is -0.156. The fourth-order valence-electron chi connectivity index (χ4n) is 2.10. The first-order chi connectivity index (χ1) is 6.52. The number of hydrogen-bond acceptors (Lipinski definition) is 1. The number of rotatable bonds is 7. The van der Waals surface area contributed by atoms with E-state index in [9.17, 15) is 5.11 Å². The number of aliphatic hydroxyl groups is 1. The Bertz CT molecular complexity index is 168. The minimum atomic E-state index is -0.404. The summed E-state index contributed by atoms with van der Waals surface area (Å²) in [5, 5.41) is 10.3. The summed E-state index contributed by atoms with van der Waals surface area (Å²) in [6.45, 7) is 6.49. The predicted octanol–water partition coefficient (Wildman–Crippen LogP) is 3.90. The molecule has 0 aromatic heterocycles. The molecule has 0 spiro atoms. The van der Waals surface area contributed by atoms with Crippen molar-refractivity contribution in [3.8, 4) is 0 Å². The lowest BCUT2D eigenvalue weighted by Crippen LogP contribution is -2.34. The van der Waals surface area contributed by atoms with E-state index in [-0.39, 0.29) is 5.41 Å². The molecule has 84 valence electrons. The lowest BCUT2D eigenvalue weighted by atomic mass is 9.83. The van der Waals surface area contributed by atoms with Crippen molar-refractivity contribution < 1.29 is 5.11 Å². The van der Waals surface area contributed by atoms with Crippen LogP contribution in [0.3, 0.4) is 0 Å². The third-order valence-corrected chi connectivity index (χ3v) is 4.07. The standard InChI is InChI=1S/C13H26O/c1-4-5-6-7-8-9-13(3,14)12(2)10-11-12/h14H,4-11H2,1-3H3. The molecule has 0 amide bonds. The molecule has 1 heteroatoms. The summed E-state index contributed by atoms with van der Waals surface area (Å²) in [4.78, 5) is 0. The van der Waals surface area contributed by atoms with Gasteiger partial charge in [0.15, 0.2) is 0 Å². The van der Waals surface area contributed by atoms with Gasteiger partial charge >= 0.3 is 0 Å². The van der Waals surface area contributed by atoms with E-state index in [0.29, 0.717) is 0 Å². The fourth-order valence-corrected chi connectivity index (χ4v) is 2.10. The van der Waals surface area contributed by atoms with Crippen molar-refractivity contribution in [3.63, 3.8) is 0 Å². The summed E-state index contributed by atoms with van der Waals surface area (Å²) in [6.07, 6.45) is 9.90. The number of unbranched alkanes of at least 4 members (excludes halogenated alkanes) is 4. The van der Waals surface area contributed by atoms with Gasteiger partial charge in [-0.2, -0.15) is 0 Å². The molecule has 0 heterocycles. The van der Waals surface area contributed by atoms with E-state index in [1.165, 1.54) is 44.9 Å². The van der Waals surface area contributed by atoms with Crippen LogP contribution < -0.4 is 0 Å². The quantitative estimate of drug-likeness (QED) is 0.615. The maximum absolute atomic E-state index is 10.3. The van der Waals surface area contributed by atoms with E-state index in [0.717, 1.165) is 6.42 Å². The Hall–Kier alpha value is -0.0400. The largest absolute Gasteiger partial charge is 0.390 e. The van der Waals surface area contributed by atoms with E-state index in [4.69, 9.17) is 0 Å². The van der Waals surface area contributed by atoms with Gasteiger partial charge in [-0.05, 0) is 31.6 Å². The molecule has 1 aliphatic carbocycles. The highest BCUT2D eigenvalue weighted by atomic mass is 16.3. The van der Waals surface area contributed by atoms with Gasteiger partial charge in [0.25, 0.3) is 0 Å². The van der Waals surface area contributed by atoms with Crippen LogP contribution in [-0.4, -0.2) is 10.7 Å². The van der Waals surface area contributed by atoms with Crippen molar-refractivity contribution in [1.29, 1.82) is 0 Å². The lowest BCUT2D eigenvalue weighted by Gasteiger charge is -2.30. The van der Waals surface area contributed by atoms with E-state index in [1.807, 2.05) is 6.92 Å². The monoisotopic (exact) mass is 198 g/mol. The zero-order chi connectivity index (χ0) is 10.7. The van der Waals surface area contributed by atoms with Gasteiger partial charge in [-0.15, -0.1) is 0 Å². The third kappa shape index (κ3) is 2.98. The summed E-state index contributed by atoms with van der Waals surface area (Å²) in [7, 11) is 0. The summed E-state index contributed by atoms with van der Waals surface area (Å²) >= 11 is 0. The van der Waals surface area contributed by atoms with Gasteiger partial charge in [-0.3, -0.25) is 0 Å². The molecule has 0 bridgehead atoms. The van der Waals surface area contributed by atoms with Crippen LogP contribution in [0.2, 0.25) is 0 Å². The van der Waals surface area contributed by atoms with Crippen LogP contribution in [0.25, 0.3) is 0 Å². The van der Waals surface area contributed by atoms with Crippen molar-refractivity contribution in [2.45, 2.75) is 77.7 Å². The minimum absolute atomic E-state index is 0.248. The molecule has 1 N–H and O–H groups in total. The van der Waals surface area contributed by atoms with E-state index in [1.54, 1.807) is 0 Å². The maximum Gasteiger partial charge on any atom is 0.0673 e. The number of hydrogen-bond donors (Lipinski definition) is 1. The average Bonchev–Trinajstić information content (AvgIpc) is 2.85. The second-order valence-corrected chi connectivity index (χ2v) is 5.50. The van der Waals surface area contributed by atoms with E-state index >= 15 is 0 Å². The lowest BCUT2D eigenvalue weighted by molar-refractivity contribution is -0.0173. The predicted molar refractivity (Wildman–Crippen MR) is 61.3 cm³/mol. The zero-order valence-corrected chi connectivity index (χ0v) is 10.1. The normalized spacial score (nSPS) is 23.1. The highest BCUT2D eigenvalue weighted by Gasteiger charge is 2.51. The second-order valence-electron chi connectivity index (χ2n) is 5.50. The second kappa shape index (κ2) is 4.65. The van der Waals surface area contributed by atoms with Gasteiger partial charge in [0, 0.05) is 0 Å². The molecule has 1 rings (SSSR count). The van der Waals surface area contributed by atoms with Gasteiger partial charge in [-0.25, -0.2) is 0 Å². The molecule has 1 aliphatic rings. The van der Waals surface area contributed by atoms with Crippen LogP contribution in [0.1, 0.15) is 72.1 Å². The van der Waals surface area contributed by atoms with Gasteiger partial charge in [0.2, 0.25) is 0 Å². The Labute approximate surface area is 88.9 Å². The van der Waals surface area contributed by atoms with Crippen LogP contribution in [0.4, 0.5) is 0 Å². The summed E-state index contributed by atoms with van der Waals surface area (Å²) in [6, 6.07) is 0. The highest BCUT2D eigenvalue weighted by Crippen LogP contribution is 2.55. The van der Waals surface area contributed by atoms with E-state index in [2.05, 4.69) is 13.8 Å². The summed E-state index contributed by atoms with van der Waals surface area (Å²) in [5.74, 6) is 0. The van der Waals surface area contributed by atoms with Crippen molar-refractivity contribution >= 4 is 0 Å². The van der Waals surface area contributed by atoms with Crippen molar-refractivity contribution in [3.05, 3.63) is 0 Å².